The Hall–Kier alpha value is -2.54. The fourth-order valence-corrected chi connectivity index (χ4v) is 3.24. The van der Waals surface area contributed by atoms with E-state index in [1.165, 1.54) is 14.0 Å². The molecular weight excluding hydrogens is 378 g/mol. The van der Waals surface area contributed by atoms with Crippen LogP contribution in [0.3, 0.4) is 0 Å². The number of nitrogens with zero attached hydrogens (tertiary/aromatic N) is 1. The van der Waals surface area contributed by atoms with E-state index in [-0.39, 0.29) is 23.5 Å². The van der Waals surface area contributed by atoms with Gasteiger partial charge in [0.25, 0.3) is 5.91 Å². The first kappa shape index (κ1) is 21.8. The van der Waals surface area contributed by atoms with Crippen LogP contribution in [0.1, 0.15) is 43.1 Å². The van der Waals surface area contributed by atoms with Gasteiger partial charge in [-0.2, -0.15) is 8.42 Å². The van der Waals surface area contributed by atoms with Crippen LogP contribution < -0.4 is 8.92 Å². The molecule has 7 heteroatoms. The zero-order valence-electron chi connectivity index (χ0n) is 16.7. The minimum Gasteiger partial charge on any atom is -0.496 e. The highest BCUT2D eigenvalue weighted by atomic mass is 32.2. The Morgan fingerprint density at radius 3 is 2.46 bits per heavy atom. The van der Waals surface area contributed by atoms with E-state index < -0.39 is 10.1 Å². The van der Waals surface area contributed by atoms with Crippen molar-refractivity contribution in [2.45, 2.75) is 39.8 Å². The minimum atomic E-state index is -3.60. The maximum atomic E-state index is 13.2. The normalized spacial score (nSPS) is 12.3. The van der Waals surface area contributed by atoms with E-state index >= 15 is 0 Å². The van der Waals surface area contributed by atoms with Crippen LogP contribution in [0.4, 0.5) is 0 Å². The Morgan fingerprint density at radius 2 is 1.82 bits per heavy atom. The molecule has 0 radical (unpaired) electrons. The van der Waals surface area contributed by atoms with Crippen LogP contribution in [0.25, 0.3) is 0 Å². The third kappa shape index (κ3) is 5.48. The first-order chi connectivity index (χ1) is 13.3. The summed E-state index contributed by atoms with van der Waals surface area (Å²) < 4.78 is 33.9. The lowest BCUT2D eigenvalue weighted by molar-refractivity contribution is 0.0668. The van der Waals surface area contributed by atoms with E-state index in [9.17, 15) is 13.2 Å². The molecule has 0 N–H and O–H groups in total. The van der Waals surface area contributed by atoms with Gasteiger partial charge in [-0.15, -0.1) is 0 Å². The summed E-state index contributed by atoms with van der Waals surface area (Å²) in [7, 11) is -2.07. The molecule has 0 aromatic heterocycles. The summed E-state index contributed by atoms with van der Waals surface area (Å²) >= 11 is 0. The lowest BCUT2D eigenvalue weighted by Gasteiger charge is -2.29. The van der Waals surface area contributed by atoms with E-state index in [0.717, 1.165) is 12.0 Å². The number of rotatable bonds is 9. The van der Waals surface area contributed by atoms with Crippen molar-refractivity contribution in [1.29, 1.82) is 0 Å². The van der Waals surface area contributed by atoms with Gasteiger partial charge in [0.15, 0.2) is 0 Å². The molecule has 6 nitrogen and oxygen atoms in total. The standard InChI is InChI=1S/C21H27NO5S/c1-5-16(3)22(21(23)19-12-7-8-13-20(19)26-4)15-17-10-9-11-18(14-17)27-28(24,25)6-2/h7-14,16H,5-6,15H2,1-4H3. The van der Waals surface area contributed by atoms with Crippen molar-refractivity contribution >= 4 is 16.0 Å². The first-order valence-electron chi connectivity index (χ1n) is 9.26. The van der Waals surface area contributed by atoms with Crippen LogP contribution in [0.15, 0.2) is 48.5 Å². The SMILES string of the molecule is CCC(C)N(Cc1cccc(OS(=O)(=O)CC)c1)C(=O)c1ccccc1OC. The molecule has 0 aliphatic heterocycles. The first-order valence-corrected chi connectivity index (χ1v) is 10.8. The van der Waals surface area contributed by atoms with Crippen LogP contribution >= 0.6 is 0 Å². The van der Waals surface area contributed by atoms with Crippen LogP contribution in [-0.4, -0.2) is 38.1 Å². The summed E-state index contributed by atoms with van der Waals surface area (Å²) in [4.78, 5) is 15.0. The Balaban J connectivity index is 2.31. The molecule has 0 fully saturated rings. The van der Waals surface area contributed by atoms with Gasteiger partial charge in [-0.1, -0.05) is 31.2 Å². The second-order valence-electron chi connectivity index (χ2n) is 6.47. The maximum Gasteiger partial charge on any atom is 0.308 e. The van der Waals surface area contributed by atoms with Crippen molar-refractivity contribution in [2.75, 3.05) is 12.9 Å². The van der Waals surface area contributed by atoms with Crippen molar-refractivity contribution in [1.82, 2.24) is 4.90 Å². The summed E-state index contributed by atoms with van der Waals surface area (Å²) in [5.41, 5.74) is 1.28. The van der Waals surface area contributed by atoms with E-state index in [2.05, 4.69) is 0 Å². The summed E-state index contributed by atoms with van der Waals surface area (Å²) in [6.07, 6.45) is 0.779. The molecular formula is C21H27NO5S. The van der Waals surface area contributed by atoms with Gasteiger partial charge in [-0.05, 0) is 50.1 Å². The number of carbonyl (C=O) groups excluding carboxylic acids is 1. The zero-order valence-corrected chi connectivity index (χ0v) is 17.5. The summed E-state index contributed by atoms with van der Waals surface area (Å²) in [6.45, 7) is 5.85. The van der Waals surface area contributed by atoms with Gasteiger partial charge in [0.05, 0.1) is 18.4 Å². The highest BCUT2D eigenvalue weighted by Crippen LogP contribution is 2.24. The fraction of sp³-hybridized carbons (Fsp3) is 0.381. The smallest absolute Gasteiger partial charge is 0.308 e. The molecule has 0 saturated carbocycles. The number of ether oxygens (including phenoxy) is 1. The second kappa shape index (κ2) is 9.59. The summed E-state index contributed by atoms with van der Waals surface area (Å²) in [5, 5.41) is 0. The number of amides is 1. The second-order valence-corrected chi connectivity index (χ2v) is 8.33. The summed E-state index contributed by atoms with van der Waals surface area (Å²) in [6, 6.07) is 13.9. The third-order valence-corrected chi connectivity index (χ3v) is 5.70. The van der Waals surface area contributed by atoms with Crippen LogP contribution in [0.2, 0.25) is 0 Å². The fourth-order valence-electron chi connectivity index (χ4n) is 2.72. The molecule has 0 heterocycles. The van der Waals surface area contributed by atoms with Crippen LogP contribution in [0, 0.1) is 0 Å². The lowest BCUT2D eigenvalue weighted by Crippen LogP contribution is -2.38. The van der Waals surface area contributed by atoms with Gasteiger partial charge in [-0.25, -0.2) is 0 Å². The van der Waals surface area contributed by atoms with Crippen molar-refractivity contribution in [3.05, 3.63) is 59.7 Å². The van der Waals surface area contributed by atoms with E-state index in [1.807, 2.05) is 26.0 Å². The van der Waals surface area contributed by atoms with Gasteiger partial charge in [0.2, 0.25) is 0 Å². The van der Waals surface area contributed by atoms with Crippen LogP contribution in [-0.2, 0) is 16.7 Å². The largest absolute Gasteiger partial charge is 0.496 e. The molecule has 1 unspecified atom stereocenters. The van der Waals surface area contributed by atoms with Crippen molar-refractivity contribution in [3.63, 3.8) is 0 Å². The number of hydrogen-bond acceptors (Lipinski definition) is 5. The Kier molecular flexibility index (Phi) is 7.45. The van der Waals surface area contributed by atoms with Gasteiger partial charge in [0.1, 0.15) is 11.5 Å². The number of methoxy groups -OCH3 is 1. The molecule has 0 aliphatic rings. The molecule has 0 bridgehead atoms. The van der Waals surface area contributed by atoms with E-state index in [0.29, 0.717) is 17.9 Å². The van der Waals surface area contributed by atoms with Gasteiger partial charge < -0.3 is 13.8 Å². The van der Waals surface area contributed by atoms with E-state index in [4.69, 9.17) is 8.92 Å². The molecule has 0 spiro atoms. The minimum absolute atomic E-state index is 0.0126. The van der Waals surface area contributed by atoms with Crippen molar-refractivity contribution < 1.29 is 22.1 Å². The molecule has 0 saturated heterocycles. The topological polar surface area (TPSA) is 72.9 Å². The zero-order chi connectivity index (χ0) is 20.7. The molecule has 28 heavy (non-hydrogen) atoms. The monoisotopic (exact) mass is 405 g/mol. The van der Waals surface area contributed by atoms with Gasteiger partial charge >= 0.3 is 10.1 Å². The average Bonchev–Trinajstić information content (AvgIpc) is 2.70. The van der Waals surface area contributed by atoms with Crippen LogP contribution in [0.5, 0.6) is 11.5 Å². The predicted octanol–water partition coefficient (Wildman–Crippen LogP) is 3.86. The lowest BCUT2D eigenvalue weighted by atomic mass is 10.1. The molecule has 2 aromatic rings. The molecule has 1 amide bonds. The third-order valence-electron chi connectivity index (χ3n) is 4.55. The molecule has 2 rings (SSSR count). The number of benzene rings is 2. The highest BCUT2D eigenvalue weighted by Gasteiger charge is 2.23. The highest BCUT2D eigenvalue weighted by molar-refractivity contribution is 7.87. The van der Waals surface area contributed by atoms with Gasteiger partial charge in [-0.3, -0.25) is 4.79 Å². The number of hydrogen-bond donors (Lipinski definition) is 0. The predicted molar refractivity (Wildman–Crippen MR) is 109 cm³/mol. The molecule has 2 aromatic carbocycles. The van der Waals surface area contributed by atoms with Gasteiger partial charge in [0, 0.05) is 12.6 Å². The Bertz CT molecular complexity index is 911. The number of para-hydroxylation sites is 1. The number of carbonyl (C=O) groups is 1. The Morgan fingerprint density at radius 1 is 1.11 bits per heavy atom. The quantitative estimate of drug-likeness (QED) is 0.592. The maximum absolute atomic E-state index is 13.2. The Labute approximate surface area is 167 Å². The average molecular weight is 406 g/mol. The molecule has 0 aliphatic carbocycles. The van der Waals surface area contributed by atoms with E-state index in [1.54, 1.807) is 41.3 Å². The van der Waals surface area contributed by atoms with Crippen molar-refractivity contribution in [3.8, 4) is 11.5 Å². The van der Waals surface area contributed by atoms with Crippen molar-refractivity contribution in [2.24, 2.45) is 0 Å². The summed E-state index contributed by atoms with van der Waals surface area (Å²) in [5.74, 6) is 0.516. The molecule has 152 valence electrons. The molecule has 1 atom stereocenters.